The smallest absolute Gasteiger partial charge is 0.0593 e. The van der Waals surface area contributed by atoms with E-state index >= 15 is 0 Å². The SMILES string of the molecule is CCCC1CCC(CN)C(n2ccc(C)n2)C1. The minimum Gasteiger partial charge on any atom is -0.330 e. The first kappa shape index (κ1) is 12.6. The van der Waals surface area contributed by atoms with Crippen LogP contribution in [0.2, 0.25) is 0 Å². The van der Waals surface area contributed by atoms with Gasteiger partial charge in [-0.3, -0.25) is 4.68 Å². The largest absolute Gasteiger partial charge is 0.330 e. The van der Waals surface area contributed by atoms with Crippen LogP contribution in [0.5, 0.6) is 0 Å². The fourth-order valence-electron chi connectivity index (χ4n) is 3.18. The molecule has 0 saturated heterocycles. The molecule has 0 amide bonds. The zero-order chi connectivity index (χ0) is 12.3. The van der Waals surface area contributed by atoms with Crippen molar-refractivity contribution in [3.63, 3.8) is 0 Å². The number of nitrogens with zero attached hydrogens (tertiary/aromatic N) is 2. The second-order valence-electron chi connectivity index (χ2n) is 5.47. The van der Waals surface area contributed by atoms with E-state index in [9.17, 15) is 0 Å². The Balaban J connectivity index is 2.09. The molecule has 0 aliphatic heterocycles. The van der Waals surface area contributed by atoms with Gasteiger partial charge in [0.25, 0.3) is 0 Å². The van der Waals surface area contributed by atoms with Crippen LogP contribution in [0.3, 0.4) is 0 Å². The Kier molecular flexibility index (Phi) is 4.21. The van der Waals surface area contributed by atoms with Gasteiger partial charge in [-0.2, -0.15) is 5.10 Å². The first-order valence-electron chi connectivity index (χ1n) is 6.96. The minimum atomic E-state index is 0.527. The number of nitrogens with two attached hydrogens (primary N) is 1. The molecule has 1 aromatic rings. The number of hydrogen-bond donors (Lipinski definition) is 1. The molecule has 1 heterocycles. The van der Waals surface area contributed by atoms with Gasteiger partial charge in [0.2, 0.25) is 0 Å². The summed E-state index contributed by atoms with van der Waals surface area (Å²) in [6, 6.07) is 2.62. The van der Waals surface area contributed by atoms with Crippen molar-refractivity contribution in [3.8, 4) is 0 Å². The summed E-state index contributed by atoms with van der Waals surface area (Å²) in [5.41, 5.74) is 7.03. The second kappa shape index (κ2) is 5.67. The Bertz CT molecular complexity index is 345. The molecule has 17 heavy (non-hydrogen) atoms. The number of aromatic nitrogens is 2. The van der Waals surface area contributed by atoms with Gasteiger partial charge in [0, 0.05) is 6.20 Å². The highest BCUT2D eigenvalue weighted by Gasteiger charge is 2.30. The third-order valence-electron chi connectivity index (χ3n) is 4.15. The molecule has 0 bridgehead atoms. The number of hydrogen-bond acceptors (Lipinski definition) is 2. The molecule has 3 unspecified atom stereocenters. The lowest BCUT2D eigenvalue weighted by molar-refractivity contribution is 0.169. The topological polar surface area (TPSA) is 43.8 Å². The number of rotatable bonds is 4. The summed E-state index contributed by atoms with van der Waals surface area (Å²) in [4.78, 5) is 0. The predicted octanol–water partition coefficient (Wildman–Crippen LogP) is 2.91. The van der Waals surface area contributed by atoms with Crippen LogP contribution >= 0.6 is 0 Å². The van der Waals surface area contributed by atoms with E-state index in [1.807, 2.05) is 0 Å². The van der Waals surface area contributed by atoms with Crippen molar-refractivity contribution in [2.24, 2.45) is 17.6 Å². The third-order valence-corrected chi connectivity index (χ3v) is 4.15. The van der Waals surface area contributed by atoms with Crippen LogP contribution in [0.25, 0.3) is 0 Å². The molecule has 0 aromatic carbocycles. The molecule has 2 rings (SSSR count). The van der Waals surface area contributed by atoms with Crippen molar-refractivity contribution in [1.29, 1.82) is 0 Å². The van der Waals surface area contributed by atoms with Gasteiger partial charge in [-0.15, -0.1) is 0 Å². The maximum atomic E-state index is 5.92. The van der Waals surface area contributed by atoms with Crippen molar-refractivity contribution >= 4 is 0 Å². The van der Waals surface area contributed by atoms with Gasteiger partial charge in [-0.25, -0.2) is 0 Å². The Morgan fingerprint density at radius 1 is 1.47 bits per heavy atom. The van der Waals surface area contributed by atoms with Crippen molar-refractivity contribution < 1.29 is 0 Å². The third kappa shape index (κ3) is 2.89. The lowest BCUT2D eigenvalue weighted by atomic mass is 9.76. The van der Waals surface area contributed by atoms with Crippen LogP contribution in [-0.2, 0) is 0 Å². The zero-order valence-electron chi connectivity index (χ0n) is 11.1. The first-order chi connectivity index (χ1) is 8.24. The van der Waals surface area contributed by atoms with Crippen molar-refractivity contribution in [3.05, 3.63) is 18.0 Å². The van der Waals surface area contributed by atoms with E-state index in [1.165, 1.54) is 32.1 Å². The van der Waals surface area contributed by atoms with E-state index in [0.29, 0.717) is 12.0 Å². The monoisotopic (exact) mass is 235 g/mol. The molecule has 0 spiro atoms. The lowest BCUT2D eigenvalue weighted by Gasteiger charge is -2.35. The highest BCUT2D eigenvalue weighted by molar-refractivity contribution is 4.98. The first-order valence-corrected chi connectivity index (χ1v) is 6.96. The quantitative estimate of drug-likeness (QED) is 0.872. The summed E-state index contributed by atoms with van der Waals surface area (Å²) in [6.07, 6.45) is 8.65. The Morgan fingerprint density at radius 2 is 2.29 bits per heavy atom. The summed E-state index contributed by atoms with van der Waals surface area (Å²) in [6.45, 7) is 5.13. The van der Waals surface area contributed by atoms with Crippen LogP contribution in [-0.4, -0.2) is 16.3 Å². The van der Waals surface area contributed by atoms with Gasteiger partial charge < -0.3 is 5.73 Å². The van der Waals surface area contributed by atoms with Crippen molar-refractivity contribution in [2.45, 2.75) is 52.0 Å². The van der Waals surface area contributed by atoms with Gasteiger partial charge >= 0.3 is 0 Å². The van der Waals surface area contributed by atoms with Gasteiger partial charge in [0.05, 0.1) is 11.7 Å². The molecule has 0 radical (unpaired) electrons. The van der Waals surface area contributed by atoms with Crippen molar-refractivity contribution in [2.75, 3.05) is 6.54 Å². The fraction of sp³-hybridized carbons (Fsp3) is 0.786. The van der Waals surface area contributed by atoms with Crippen LogP contribution in [0.1, 0.15) is 50.8 Å². The molecule has 1 aromatic heterocycles. The molecular weight excluding hydrogens is 210 g/mol. The molecule has 1 aliphatic carbocycles. The summed E-state index contributed by atoms with van der Waals surface area (Å²) in [7, 11) is 0. The molecule has 3 atom stereocenters. The second-order valence-corrected chi connectivity index (χ2v) is 5.47. The van der Waals surface area contributed by atoms with E-state index in [-0.39, 0.29) is 0 Å². The van der Waals surface area contributed by atoms with Crippen LogP contribution in [0, 0.1) is 18.8 Å². The lowest BCUT2D eigenvalue weighted by Crippen LogP contribution is -2.32. The molecule has 96 valence electrons. The van der Waals surface area contributed by atoms with Crippen LogP contribution < -0.4 is 5.73 Å². The average Bonchev–Trinajstić information content (AvgIpc) is 2.76. The van der Waals surface area contributed by atoms with Gasteiger partial charge in [-0.05, 0) is 50.6 Å². The molecule has 2 N–H and O–H groups in total. The number of aryl methyl sites for hydroxylation is 1. The molecule has 1 saturated carbocycles. The Hall–Kier alpha value is -0.830. The van der Waals surface area contributed by atoms with Crippen LogP contribution in [0.15, 0.2) is 12.3 Å². The summed E-state index contributed by atoms with van der Waals surface area (Å²) >= 11 is 0. The Labute approximate surface area is 104 Å². The highest BCUT2D eigenvalue weighted by Crippen LogP contribution is 2.38. The maximum absolute atomic E-state index is 5.92. The van der Waals surface area contributed by atoms with E-state index in [0.717, 1.165) is 18.2 Å². The minimum absolute atomic E-state index is 0.527. The Morgan fingerprint density at radius 3 is 2.88 bits per heavy atom. The highest BCUT2D eigenvalue weighted by atomic mass is 15.3. The molecule has 1 aliphatic rings. The van der Waals surface area contributed by atoms with E-state index in [4.69, 9.17) is 5.73 Å². The zero-order valence-corrected chi connectivity index (χ0v) is 11.1. The van der Waals surface area contributed by atoms with E-state index < -0.39 is 0 Å². The van der Waals surface area contributed by atoms with Gasteiger partial charge in [0.15, 0.2) is 0 Å². The average molecular weight is 235 g/mol. The normalized spacial score (nSPS) is 29.5. The molecule has 1 fully saturated rings. The van der Waals surface area contributed by atoms with Gasteiger partial charge in [0.1, 0.15) is 0 Å². The molecule has 3 heteroatoms. The molecular formula is C14H25N3. The van der Waals surface area contributed by atoms with E-state index in [1.54, 1.807) is 0 Å². The summed E-state index contributed by atoms with van der Waals surface area (Å²) < 4.78 is 2.16. The fourth-order valence-corrected chi connectivity index (χ4v) is 3.18. The standard InChI is InChI=1S/C14H25N3/c1-3-4-12-5-6-13(10-15)14(9-12)17-8-7-11(2)16-17/h7-8,12-14H,3-6,9-10,15H2,1-2H3. The van der Waals surface area contributed by atoms with E-state index in [2.05, 4.69) is 35.9 Å². The van der Waals surface area contributed by atoms with Crippen LogP contribution in [0.4, 0.5) is 0 Å². The van der Waals surface area contributed by atoms with Gasteiger partial charge in [-0.1, -0.05) is 19.8 Å². The summed E-state index contributed by atoms with van der Waals surface area (Å²) in [5.74, 6) is 1.49. The summed E-state index contributed by atoms with van der Waals surface area (Å²) in [5, 5.41) is 4.59. The van der Waals surface area contributed by atoms with Crippen molar-refractivity contribution in [1.82, 2.24) is 9.78 Å². The maximum Gasteiger partial charge on any atom is 0.0593 e. The predicted molar refractivity (Wildman–Crippen MR) is 70.8 cm³/mol. The molecule has 3 nitrogen and oxygen atoms in total.